The Hall–Kier alpha value is -2.60. The van der Waals surface area contributed by atoms with Crippen LogP contribution in [-0.2, 0) is 29.2 Å². The first-order valence-corrected chi connectivity index (χ1v) is 20.6. The van der Waals surface area contributed by atoms with Crippen LogP contribution < -0.4 is 10.6 Å². The van der Waals surface area contributed by atoms with Crippen molar-refractivity contribution in [3.63, 3.8) is 0 Å². The summed E-state index contributed by atoms with van der Waals surface area (Å²) < 4.78 is 26.6. The Balaban J connectivity index is 1.55. The zero-order valence-corrected chi connectivity index (χ0v) is 32.1. The predicted molar refractivity (Wildman–Crippen MR) is 194 cm³/mol. The molecular weight excluding hydrogens is 657 g/mol. The van der Waals surface area contributed by atoms with Gasteiger partial charge in [-0.15, -0.1) is 6.58 Å². The zero-order valence-electron chi connectivity index (χ0n) is 31.3. The maximum absolute atomic E-state index is 14.7. The van der Waals surface area contributed by atoms with Crippen LogP contribution in [0.4, 0.5) is 4.79 Å². The van der Waals surface area contributed by atoms with Crippen LogP contribution in [0.2, 0.25) is 0 Å². The molecule has 0 aromatic heterocycles. The van der Waals surface area contributed by atoms with Crippen molar-refractivity contribution in [1.29, 1.82) is 0 Å². The topological polar surface area (TPSA) is 150 Å². The number of unbranched alkanes of at least 4 members (excludes halogenated alkanes) is 1. The molecule has 1 unspecified atom stereocenters. The Morgan fingerprint density at radius 3 is 2.28 bits per heavy atom. The van der Waals surface area contributed by atoms with Crippen molar-refractivity contribution in [2.24, 2.45) is 34.5 Å². The van der Waals surface area contributed by atoms with E-state index in [1.807, 2.05) is 27.7 Å². The van der Waals surface area contributed by atoms with Crippen LogP contribution in [-0.4, -0.2) is 90.4 Å². The average molecular weight is 719 g/mol. The Labute approximate surface area is 300 Å². The molecule has 0 bridgehead atoms. The van der Waals surface area contributed by atoms with Gasteiger partial charge in [0.05, 0.1) is 11.8 Å². The highest BCUT2D eigenvalue weighted by Crippen LogP contribution is 2.65. The molecule has 12 heteroatoms. The number of allylic oxidation sites excluding steroid dienone is 1. The second kappa shape index (κ2) is 16.4. The number of urea groups is 1. The van der Waals surface area contributed by atoms with Crippen molar-refractivity contribution in [3.05, 3.63) is 12.7 Å². The number of nitrogens with one attached hydrogen (secondary N) is 2. The van der Waals surface area contributed by atoms with E-state index in [0.717, 1.165) is 38.5 Å². The van der Waals surface area contributed by atoms with Gasteiger partial charge in [0.15, 0.2) is 11.6 Å². The van der Waals surface area contributed by atoms with Gasteiger partial charge in [0.2, 0.25) is 21.7 Å². The first kappa shape index (κ1) is 40.2. The van der Waals surface area contributed by atoms with Gasteiger partial charge in [0.1, 0.15) is 6.04 Å². The summed E-state index contributed by atoms with van der Waals surface area (Å²) in [5, 5.41) is 6.03. The Morgan fingerprint density at radius 2 is 1.70 bits per heavy atom. The lowest BCUT2D eigenvalue weighted by Gasteiger charge is -2.38. The molecule has 4 rings (SSSR count). The molecule has 6 atom stereocenters. The van der Waals surface area contributed by atoms with E-state index in [4.69, 9.17) is 0 Å². The van der Waals surface area contributed by atoms with E-state index in [-0.39, 0.29) is 60.0 Å². The van der Waals surface area contributed by atoms with Crippen LogP contribution in [0.15, 0.2) is 12.7 Å². The minimum absolute atomic E-state index is 0.0501. The molecule has 11 nitrogen and oxygen atoms in total. The van der Waals surface area contributed by atoms with E-state index in [9.17, 15) is 32.4 Å². The highest BCUT2D eigenvalue weighted by atomic mass is 32.2. The van der Waals surface area contributed by atoms with Crippen molar-refractivity contribution in [3.8, 4) is 0 Å². The summed E-state index contributed by atoms with van der Waals surface area (Å²) in [5.74, 6) is -2.09. The fraction of sp³-hybridized carbons (Fsp3) is 0.816. The maximum Gasteiger partial charge on any atom is 0.315 e. The number of sulfonamides is 1. The largest absolute Gasteiger partial charge is 0.334 e. The molecule has 4 aliphatic rings. The van der Waals surface area contributed by atoms with Crippen LogP contribution in [0.1, 0.15) is 119 Å². The number of fused-ring (bicyclic) bond motifs is 1. The number of carbonyl (C=O) groups excluding carboxylic acids is 5. The Bertz CT molecular complexity index is 1400. The molecule has 0 radical (unpaired) electrons. The molecule has 2 saturated heterocycles. The summed E-state index contributed by atoms with van der Waals surface area (Å²) in [6.45, 7) is 16.7. The van der Waals surface area contributed by atoms with E-state index in [0.29, 0.717) is 38.8 Å². The normalized spacial score (nSPS) is 26.4. The maximum atomic E-state index is 14.7. The summed E-state index contributed by atoms with van der Waals surface area (Å²) in [6, 6.07) is -2.60. The fourth-order valence-corrected chi connectivity index (χ4v) is 10.1. The van der Waals surface area contributed by atoms with Crippen LogP contribution in [0.3, 0.4) is 0 Å². The number of hydrogen-bond acceptors (Lipinski definition) is 7. The van der Waals surface area contributed by atoms with Crippen molar-refractivity contribution < 1.29 is 32.4 Å². The van der Waals surface area contributed by atoms with Gasteiger partial charge in [-0.05, 0) is 60.7 Å². The van der Waals surface area contributed by atoms with Gasteiger partial charge in [-0.2, -0.15) is 4.31 Å². The van der Waals surface area contributed by atoms with Gasteiger partial charge in [-0.1, -0.05) is 79.7 Å². The molecule has 2 aliphatic heterocycles. The van der Waals surface area contributed by atoms with E-state index >= 15 is 0 Å². The monoisotopic (exact) mass is 718 g/mol. The number of hydrogen-bond donors (Lipinski definition) is 2. The predicted octanol–water partition coefficient (Wildman–Crippen LogP) is 5.04. The van der Waals surface area contributed by atoms with Crippen LogP contribution in [0, 0.1) is 34.5 Å². The van der Waals surface area contributed by atoms with E-state index in [2.05, 4.69) is 31.1 Å². The fourth-order valence-electron chi connectivity index (χ4n) is 8.61. The first-order chi connectivity index (χ1) is 23.4. The lowest BCUT2D eigenvalue weighted by molar-refractivity contribution is -0.144. The smallest absolute Gasteiger partial charge is 0.315 e. The lowest BCUT2D eigenvalue weighted by atomic mass is 9.82. The van der Waals surface area contributed by atoms with E-state index < -0.39 is 57.1 Å². The molecule has 2 heterocycles. The molecular formula is C38H62N4O7S. The number of piperidine rings is 1. The van der Waals surface area contributed by atoms with E-state index in [1.54, 1.807) is 11.0 Å². The van der Waals surface area contributed by atoms with Gasteiger partial charge in [-0.25, -0.2) is 13.2 Å². The average Bonchev–Trinajstić information content (AvgIpc) is 3.34. The van der Waals surface area contributed by atoms with Crippen LogP contribution >= 0.6 is 0 Å². The molecule has 2 aliphatic carbocycles. The van der Waals surface area contributed by atoms with Gasteiger partial charge in [-0.3, -0.25) is 19.2 Å². The standard InChI is InChI=1S/C38H62N4O7S/c1-8-10-16-26(34(45)28(43)19-11-9-2)22-29(44)33-31-27(38(31,6)7)23-42(33)35(46)32(25-17-13-12-14-18-25)40-36(47)39-30(37(3,4)5)24-41-20-15-21-50(41,48)49/h9,25-27,30-33H,2,8,10-24H2,1,3-7H3,(H2,39,40,47)/t26?,27-,30+,31-,32-,33+/m0/s1. The quantitative estimate of drug-likeness (QED) is 0.158. The second-order valence-corrected chi connectivity index (χ2v) is 19.0. The summed E-state index contributed by atoms with van der Waals surface area (Å²) >= 11 is 0. The molecule has 282 valence electrons. The van der Waals surface area contributed by atoms with Crippen LogP contribution in [0.5, 0.6) is 0 Å². The van der Waals surface area contributed by atoms with Crippen molar-refractivity contribution in [1.82, 2.24) is 19.8 Å². The van der Waals surface area contributed by atoms with Crippen LogP contribution in [0.25, 0.3) is 0 Å². The number of likely N-dealkylation sites (tertiary alicyclic amines) is 1. The summed E-state index contributed by atoms with van der Waals surface area (Å²) in [6.07, 6.45) is 9.02. The molecule has 2 N–H and O–H groups in total. The number of Topliss-reactive ketones (excluding diaryl/α,β-unsaturated/α-hetero) is 3. The van der Waals surface area contributed by atoms with Crippen molar-refractivity contribution in [2.45, 2.75) is 137 Å². The third-order valence-electron chi connectivity index (χ3n) is 12.0. The molecule has 0 aromatic carbocycles. The highest BCUT2D eigenvalue weighted by Gasteiger charge is 2.69. The minimum Gasteiger partial charge on any atom is -0.334 e. The summed E-state index contributed by atoms with van der Waals surface area (Å²) in [7, 11) is -3.37. The summed E-state index contributed by atoms with van der Waals surface area (Å²) in [5.41, 5.74) is -0.598. The molecule has 0 spiro atoms. The van der Waals surface area contributed by atoms with Crippen molar-refractivity contribution in [2.75, 3.05) is 25.4 Å². The van der Waals surface area contributed by atoms with Gasteiger partial charge in [0.25, 0.3) is 0 Å². The number of carbonyl (C=O) groups is 5. The van der Waals surface area contributed by atoms with Gasteiger partial charge in [0, 0.05) is 44.4 Å². The molecule has 50 heavy (non-hydrogen) atoms. The summed E-state index contributed by atoms with van der Waals surface area (Å²) in [4.78, 5) is 70.4. The number of amides is 3. The molecule has 0 aromatic rings. The van der Waals surface area contributed by atoms with Gasteiger partial charge >= 0.3 is 6.03 Å². The highest BCUT2D eigenvalue weighted by molar-refractivity contribution is 7.89. The third kappa shape index (κ3) is 9.24. The SMILES string of the molecule is C=CCCC(=O)C(=O)C(CCCC)CC(=O)[C@@H]1[C@@H]2[C@H](CN1C(=O)[C@@H](NC(=O)N[C@H](CN1CCCS1(=O)=O)C(C)(C)C)C1CCCCC1)C2(C)C. The Morgan fingerprint density at radius 1 is 1.02 bits per heavy atom. The number of ketones is 3. The van der Waals surface area contributed by atoms with Gasteiger partial charge < -0.3 is 15.5 Å². The second-order valence-electron chi connectivity index (χ2n) is 17.0. The molecule has 4 fully saturated rings. The molecule has 2 saturated carbocycles. The lowest BCUT2D eigenvalue weighted by Crippen LogP contribution is -2.60. The number of nitrogens with zero attached hydrogens (tertiary/aromatic N) is 2. The zero-order chi connectivity index (χ0) is 37.0. The number of rotatable bonds is 17. The Kier molecular flexibility index (Phi) is 13.2. The minimum atomic E-state index is -3.37. The van der Waals surface area contributed by atoms with E-state index in [1.165, 1.54) is 4.31 Å². The first-order valence-electron chi connectivity index (χ1n) is 19.0. The third-order valence-corrected chi connectivity index (χ3v) is 13.9. The van der Waals surface area contributed by atoms with Crippen molar-refractivity contribution >= 4 is 39.3 Å². The molecule has 3 amide bonds.